The Morgan fingerprint density at radius 3 is 2.78 bits per heavy atom. The number of nitrogens with one attached hydrogen (secondary N) is 1. The zero-order chi connectivity index (χ0) is 16.7. The predicted octanol–water partition coefficient (Wildman–Crippen LogP) is 4.32. The first kappa shape index (κ1) is 17.2. The maximum absolute atomic E-state index is 11.7. The highest BCUT2D eigenvalue weighted by molar-refractivity contribution is 6.31. The number of aryl methyl sites for hydroxylation is 1. The lowest BCUT2D eigenvalue weighted by Gasteiger charge is -2.12. The summed E-state index contributed by atoms with van der Waals surface area (Å²) in [4.78, 5) is 11.7. The van der Waals surface area contributed by atoms with Gasteiger partial charge in [-0.1, -0.05) is 23.7 Å². The Balaban J connectivity index is 1.83. The van der Waals surface area contributed by atoms with E-state index in [-0.39, 0.29) is 0 Å². The van der Waals surface area contributed by atoms with Gasteiger partial charge in [-0.2, -0.15) is 0 Å². The number of carbonyl (C=O) groups is 1. The van der Waals surface area contributed by atoms with Gasteiger partial charge in [0.05, 0.1) is 19.3 Å². The van der Waals surface area contributed by atoms with Crippen LogP contribution < -0.4 is 10.1 Å². The van der Waals surface area contributed by atoms with E-state index in [4.69, 9.17) is 21.1 Å². The van der Waals surface area contributed by atoms with Crippen molar-refractivity contribution in [3.63, 3.8) is 0 Å². The highest BCUT2D eigenvalue weighted by atomic mass is 35.5. The molecule has 0 heterocycles. The molecule has 0 aliphatic heterocycles. The second-order valence-corrected chi connectivity index (χ2v) is 5.56. The molecule has 2 aromatic carbocycles. The molecule has 23 heavy (non-hydrogen) atoms. The fourth-order valence-electron chi connectivity index (χ4n) is 2.14. The van der Waals surface area contributed by atoms with E-state index in [1.807, 2.05) is 31.2 Å². The third-order valence-corrected chi connectivity index (χ3v) is 3.52. The second-order valence-electron chi connectivity index (χ2n) is 5.13. The molecule has 2 aromatic rings. The molecule has 1 N–H and O–H groups in total. The van der Waals surface area contributed by atoms with Gasteiger partial charge in [-0.15, -0.1) is 0 Å². The summed E-state index contributed by atoms with van der Waals surface area (Å²) in [5.41, 5.74) is 2.31. The Bertz CT molecular complexity index is 673. The Morgan fingerprint density at radius 2 is 2.04 bits per heavy atom. The van der Waals surface area contributed by atoms with Gasteiger partial charge >= 0.3 is 5.97 Å². The summed E-state index contributed by atoms with van der Waals surface area (Å²) >= 11 is 5.93. The zero-order valence-electron chi connectivity index (χ0n) is 13.3. The highest BCUT2D eigenvalue weighted by Crippen LogP contribution is 2.21. The van der Waals surface area contributed by atoms with Crippen molar-refractivity contribution in [3.8, 4) is 5.75 Å². The Hall–Kier alpha value is -2.20. The van der Waals surface area contributed by atoms with E-state index in [2.05, 4.69) is 5.32 Å². The second kappa shape index (κ2) is 8.44. The molecule has 0 radical (unpaired) electrons. The van der Waals surface area contributed by atoms with Gasteiger partial charge < -0.3 is 14.8 Å². The molecule has 122 valence electrons. The average Bonchev–Trinajstić information content (AvgIpc) is 2.55. The number of methoxy groups -OCH3 is 1. The van der Waals surface area contributed by atoms with Crippen LogP contribution in [0.5, 0.6) is 5.75 Å². The van der Waals surface area contributed by atoms with E-state index in [9.17, 15) is 4.79 Å². The smallest absolute Gasteiger partial charge is 0.340 e. The number of anilines is 1. The first-order valence-corrected chi connectivity index (χ1v) is 7.79. The fraction of sp³-hybridized carbons (Fsp3) is 0.278. The van der Waals surface area contributed by atoms with Crippen molar-refractivity contribution in [1.29, 1.82) is 0 Å². The van der Waals surface area contributed by atoms with Gasteiger partial charge in [0.15, 0.2) is 0 Å². The molecule has 0 aliphatic carbocycles. The standard InChI is InChI=1S/C18H20ClNO3/c1-13-5-3-6-15(11-13)23-10-4-9-20-17-8-7-14(19)12-16(17)18(21)22-2/h3,5-8,11-12,20H,4,9-10H2,1-2H3. The third-order valence-electron chi connectivity index (χ3n) is 3.28. The number of rotatable bonds is 7. The third kappa shape index (κ3) is 5.18. The molecule has 0 fully saturated rings. The lowest BCUT2D eigenvalue weighted by Crippen LogP contribution is -2.11. The summed E-state index contributed by atoms with van der Waals surface area (Å²) in [5.74, 6) is 0.456. The average molecular weight is 334 g/mol. The number of hydrogen-bond donors (Lipinski definition) is 1. The minimum atomic E-state index is -0.411. The molecule has 0 aromatic heterocycles. The van der Waals surface area contributed by atoms with Gasteiger partial charge in [-0.05, 0) is 49.2 Å². The largest absolute Gasteiger partial charge is 0.494 e. The summed E-state index contributed by atoms with van der Waals surface area (Å²) in [6.45, 7) is 3.30. The molecule has 0 saturated carbocycles. The molecule has 0 atom stereocenters. The van der Waals surface area contributed by atoms with Crippen molar-refractivity contribution < 1.29 is 14.3 Å². The normalized spacial score (nSPS) is 10.2. The van der Waals surface area contributed by atoms with Crippen LogP contribution in [0.25, 0.3) is 0 Å². The van der Waals surface area contributed by atoms with Crippen LogP contribution in [0.3, 0.4) is 0 Å². The number of benzene rings is 2. The number of hydrogen-bond acceptors (Lipinski definition) is 4. The van der Waals surface area contributed by atoms with Crippen molar-refractivity contribution in [2.24, 2.45) is 0 Å². The molecule has 0 amide bonds. The maximum Gasteiger partial charge on any atom is 0.340 e. The molecular weight excluding hydrogens is 314 g/mol. The van der Waals surface area contributed by atoms with E-state index in [1.54, 1.807) is 18.2 Å². The first-order chi connectivity index (χ1) is 11.1. The predicted molar refractivity (Wildman–Crippen MR) is 92.6 cm³/mol. The molecule has 0 aliphatic rings. The molecule has 4 nitrogen and oxygen atoms in total. The summed E-state index contributed by atoms with van der Waals surface area (Å²) in [5, 5.41) is 3.71. The van der Waals surface area contributed by atoms with Crippen molar-refractivity contribution >= 4 is 23.3 Å². The van der Waals surface area contributed by atoms with E-state index < -0.39 is 5.97 Å². The van der Waals surface area contributed by atoms with Crippen LogP contribution in [-0.4, -0.2) is 26.2 Å². The molecule has 0 bridgehead atoms. The van der Waals surface area contributed by atoms with Crippen LogP contribution in [0.15, 0.2) is 42.5 Å². The number of ether oxygens (including phenoxy) is 2. The van der Waals surface area contributed by atoms with Crippen LogP contribution >= 0.6 is 11.6 Å². The summed E-state index contributed by atoms with van der Waals surface area (Å²) in [6.07, 6.45) is 0.803. The van der Waals surface area contributed by atoms with Gasteiger partial charge in [0.25, 0.3) is 0 Å². The summed E-state index contributed by atoms with van der Waals surface area (Å²) in [6, 6.07) is 13.0. The Labute approximate surface area is 141 Å². The molecule has 0 unspecified atom stereocenters. The lowest BCUT2D eigenvalue weighted by atomic mass is 10.1. The van der Waals surface area contributed by atoms with Gasteiger partial charge in [0, 0.05) is 17.3 Å². The van der Waals surface area contributed by atoms with Gasteiger partial charge in [0.2, 0.25) is 0 Å². The van der Waals surface area contributed by atoms with Crippen LogP contribution in [0.4, 0.5) is 5.69 Å². The molecular formula is C18H20ClNO3. The van der Waals surface area contributed by atoms with Crippen molar-refractivity contribution in [3.05, 3.63) is 58.6 Å². The summed E-state index contributed by atoms with van der Waals surface area (Å²) < 4.78 is 10.5. The van der Waals surface area contributed by atoms with Gasteiger partial charge in [-0.3, -0.25) is 0 Å². The van der Waals surface area contributed by atoms with Crippen molar-refractivity contribution in [2.45, 2.75) is 13.3 Å². The molecule has 5 heteroatoms. The van der Waals surface area contributed by atoms with Crippen LogP contribution in [-0.2, 0) is 4.74 Å². The minimum Gasteiger partial charge on any atom is -0.494 e. The number of halogens is 1. The Morgan fingerprint density at radius 1 is 1.22 bits per heavy atom. The topological polar surface area (TPSA) is 47.6 Å². The van der Waals surface area contributed by atoms with Crippen molar-refractivity contribution in [2.75, 3.05) is 25.6 Å². The maximum atomic E-state index is 11.7. The number of esters is 1. The fourth-order valence-corrected chi connectivity index (χ4v) is 2.31. The van der Waals surface area contributed by atoms with Crippen LogP contribution in [0, 0.1) is 6.92 Å². The minimum absolute atomic E-state index is 0.411. The lowest BCUT2D eigenvalue weighted by molar-refractivity contribution is 0.0602. The van der Waals surface area contributed by atoms with Crippen molar-refractivity contribution in [1.82, 2.24) is 0 Å². The van der Waals surface area contributed by atoms with E-state index in [0.29, 0.717) is 29.4 Å². The van der Waals surface area contributed by atoms with E-state index in [1.165, 1.54) is 12.7 Å². The van der Waals surface area contributed by atoms with Crippen LogP contribution in [0.1, 0.15) is 22.3 Å². The Kier molecular flexibility index (Phi) is 6.29. The summed E-state index contributed by atoms with van der Waals surface area (Å²) in [7, 11) is 1.35. The van der Waals surface area contributed by atoms with Crippen LogP contribution in [0.2, 0.25) is 5.02 Å². The SMILES string of the molecule is COC(=O)c1cc(Cl)ccc1NCCCOc1cccc(C)c1. The number of carbonyl (C=O) groups excluding carboxylic acids is 1. The zero-order valence-corrected chi connectivity index (χ0v) is 14.0. The monoisotopic (exact) mass is 333 g/mol. The van der Waals surface area contributed by atoms with E-state index in [0.717, 1.165) is 12.2 Å². The highest BCUT2D eigenvalue weighted by Gasteiger charge is 2.12. The molecule has 0 spiro atoms. The van der Waals surface area contributed by atoms with E-state index >= 15 is 0 Å². The molecule has 0 saturated heterocycles. The quantitative estimate of drug-likeness (QED) is 0.605. The first-order valence-electron chi connectivity index (χ1n) is 7.41. The van der Waals surface area contributed by atoms with Gasteiger partial charge in [-0.25, -0.2) is 4.79 Å². The molecule has 2 rings (SSSR count). The van der Waals surface area contributed by atoms with Gasteiger partial charge in [0.1, 0.15) is 5.75 Å².